The summed E-state index contributed by atoms with van der Waals surface area (Å²) < 4.78 is 45.3. The van der Waals surface area contributed by atoms with Gasteiger partial charge in [0.25, 0.3) is 0 Å². The van der Waals surface area contributed by atoms with Gasteiger partial charge in [-0.25, -0.2) is 4.98 Å². The minimum absolute atomic E-state index is 0.122. The largest absolute Gasteiger partial charge is 0.497 e. The first-order valence-electron chi connectivity index (χ1n) is 7.70. The number of pyridine rings is 1. The molecule has 0 spiro atoms. The van der Waals surface area contributed by atoms with E-state index < -0.39 is 17.3 Å². The predicted octanol–water partition coefficient (Wildman–Crippen LogP) is 5.54. The number of hydrogen-bond donors (Lipinski definition) is 0. The number of methoxy groups -OCH3 is 1. The SMILES string of the molecule is CCCCSc1nc(-c2ccc(OC)cc2)cc(C(F)(F)F)c1C#N. The standard InChI is InChI=1S/C18H17F3N2OS/c1-3-4-9-25-17-14(11-22)15(18(19,20)21)10-16(23-17)12-5-7-13(24-2)8-6-12/h5-8,10H,3-4,9H2,1-2H3. The number of rotatable bonds is 6. The minimum Gasteiger partial charge on any atom is -0.497 e. The molecule has 0 aliphatic carbocycles. The molecule has 1 aromatic carbocycles. The van der Waals surface area contributed by atoms with Crippen LogP contribution in [0.5, 0.6) is 5.75 Å². The number of thioether (sulfide) groups is 1. The highest BCUT2D eigenvalue weighted by molar-refractivity contribution is 7.99. The van der Waals surface area contributed by atoms with Crippen LogP contribution in [-0.2, 0) is 6.18 Å². The van der Waals surface area contributed by atoms with Gasteiger partial charge in [0.1, 0.15) is 16.8 Å². The Morgan fingerprint density at radius 1 is 1.24 bits per heavy atom. The van der Waals surface area contributed by atoms with Crippen molar-refractivity contribution in [1.29, 1.82) is 5.26 Å². The molecule has 0 bridgehead atoms. The first-order chi connectivity index (χ1) is 11.9. The highest BCUT2D eigenvalue weighted by atomic mass is 32.2. The molecule has 3 nitrogen and oxygen atoms in total. The van der Waals surface area contributed by atoms with Crippen molar-refractivity contribution in [3.05, 3.63) is 41.5 Å². The molecule has 0 radical (unpaired) electrons. The highest BCUT2D eigenvalue weighted by Gasteiger charge is 2.36. The van der Waals surface area contributed by atoms with Crippen LogP contribution in [0, 0.1) is 11.3 Å². The van der Waals surface area contributed by atoms with Crippen LogP contribution < -0.4 is 4.74 Å². The zero-order valence-corrected chi connectivity index (χ0v) is 14.7. The number of benzene rings is 1. The zero-order chi connectivity index (χ0) is 18.4. The Bertz CT molecular complexity index is 768. The first-order valence-corrected chi connectivity index (χ1v) is 8.68. The Kier molecular flexibility index (Phi) is 6.32. The van der Waals surface area contributed by atoms with Gasteiger partial charge < -0.3 is 4.74 Å². The molecule has 0 saturated heterocycles. The lowest BCUT2D eigenvalue weighted by molar-refractivity contribution is -0.138. The maximum Gasteiger partial charge on any atom is 0.417 e. The summed E-state index contributed by atoms with van der Waals surface area (Å²) in [6.45, 7) is 1.99. The van der Waals surface area contributed by atoms with Gasteiger partial charge in [0.15, 0.2) is 0 Å². The molecule has 2 aromatic rings. The quantitative estimate of drug-likeness (QED) is 0.497. The van der Waals surface area contributed by atoms with Crippen LogP contribution in [-0.4, -0.2) is 17.8 Å². The zero-order valence-electron chi connectivity index (χ0n) is 13.9. The third-order valence-corrected chi connectivity index (χ3v) is 4.59. The second kappa shape index (κ2) is 8.26. The first kappa shape index (κ1) is 19.1. The molecule has 2 rings (SSSR count). The van der Waals surface area contributed by atoms with E-state index in [2.05, 4.69) is 4.98 Å². The Balaban J connectivity index is 2.55. The van der Waals surface area contributed by atoms with Gasteiger partial charge in [0, 0.05) is 5.56 Å². The van der Waals surface area contributed by atoms with Gasteiger partial charge in [-0.2, -0.15) is 18.4 Å². The number of unbranched alkanes of at least 4 members (excludes halogenated alkanes) is 1. The van der Waals surface area contributed by atoms with Crippen molar-refractivity contribution in [2.45, 2.75) is 31.0 Å². The topological polar surface area (TPSA) is 45.9 Å². The van der Waals surface area contributed by atoms with Crippen LogP contribution in [0.4, 0.5) is 13.2 Å². The van der Waals surface area contributed by atoms with Gasteiger partial charge in [-0.3, -0.25) is 0 Å². The number of hydrogen-bond acceptors (Lipinski definition) is 4. The number of aromatic nitrogens is 1. The molecule has 0 fully saturated rings. The molecule has 7 heteroatoms. The average molecular weight is 366 g/mol. The fraction of sp³-hybridized carbons (Fsp3) is 0.333. The van der Waals surface area contributed by atoms with E-state index in [0.717, 1.165) is 18.9 Å². The Morgan fingerprint density at radius 2 is 1.92 bits per heavy atom. The maximum absolute atomic E-state index is 13.4. The van der Waals surface area contributed by atoms with Gasteiger partial charge in [-0.15, -0.1) is 11.8 Å². The number of nitrogens with zero attached hydrogens (tertiary/aromatic N) is 2. The number of halogens is 3. The summed E-state index contributed by atoms with van der Waals surface area (Å²) in [5, 5.41) is 9.35. The number of nitriles is 1. The Hall–Kier alpha value is -2.20. The van der Waals surface area contributed by atoms with Gasteiger partial charge >= 0.3 is 6.18 Å². The third-order valence-electron chi connectivity index (χ3n) is 3.53. The van der Waals surface area contributed by atoms with Crippen LogP contribution in [0.2, 0.25) is 0 Å². The van der Waals surface area contributed by atoms with E-state index in [4.69, 9.17) is 4.74 Å². The normalized spacial score (nSPS) is 11.2. The van der Waals surface area contributed by atoms with Crippen LogP contribution in [0.25, 0.3) is 11.3 Å². The third kappa shape index (κ3) is 4.67. The van der Waals surface area contributed by atoms with Crippen molar-refractivity contribution in [3.8, 4) is 23.1 Å². The molecule has 0 saturated carbocycles. The van der Waals surface area contributed by atoms with Crippen molar-refractivity contribution < 1.29 is 17.9 Å². The highest BCUT2D eigenvalue weighted by Crippen LogP contribution is 2.38. The summed E-state index contributed by atoms with van der Waals surface area (Å²) >= 11 is 1.18. The van der Waals surface area contributed by atoms with Crippen molar-refractivity contribution in [2.75, 3.05) is 12.9 Å². The van der Waals surface area contributed by atoms with E-state index >= 15 is 0 Å². The summed E-state index contributed by atoms with van der Waals surface area (Å²) in [6, 6.07) is 9.22. The second-order valence-corrected chi connectivity index (χ2v) is 6.36. The van der Waals surface area contributed by atoms with Crippen molar-refractivity contribution in [2.24, 2.45) is 0 Å². The predicted molar refractivity (Wildman–Crippen MR) is 91.6 cm³/mol. The van der Waals surface area contributed by atoms with Crippen LogP contribution in [0.3, 0.4) is 0 Å². The molecule has 25 heavy (non-hydrogen) atoms. The molecule has 0 aliphatic rings. The summed E-state index contributed by atoms with van der Waals surface area (Å²) in [6.07, 6.45) is -2.86. The van der Waals surface area contributed by atoms with E-state index in [1.165, 1.54) is 18.9 Å². The number of ether oxygens (including phenoxy) is 1. The lowest BCUT2D eigenvalue weighted by Crippen LogP contribution is -2.10. The second-order valence-electron chi connectivity index (χ2n) is 5.28. The van der Waals surface area contributed by atoms with Gasteiger partial charge in [-0.1, -0.05) is 13.3 Å². The number of alkyl halides is 3. The molecule has 1 heterocycles. The van der Waals surface area contributed by atoms with E-state index in [0.29, 0.717) is 17.1 Å². The van der Waals surface area contributed by atoms with Crippen LogP contribution in [0.15, 0.2) is 35.4 Å². The molecule has 1 aromatic heterocycles. The fourth-order valence-corrected chi connectivity index (χ4v) is 3.27. The molecule has 132 valence electrons. The van der Waals surface area contributed by atoms with Crippen LogP contribution >= 0.6 is 11.8 Å². The smallest absolute Gasteiger partial charge is 0.417 e. The molecule has 0 unspecified atom stereocenters. The summed E-state index contributed by atoms with van der Waals surface area (Å²) in [7, 11) is 1.51. The van der Waals surface area contributed by atoms with Crippen molar-refractivity contribution in [1.82, 2.24) is 4.98 Å². The van der Waals surface area contributed by atoms with E-state index in [9.17, 15) is 18.4 Å². The molecular formula is C18H17F3N2OS. The lowest BCUT2D eigenvalue weighted by atomic mass is 10.1. The summed E-state index contributed by atoms with van der Waals surface area (Å²) in [4.78, 5) is 4.31. The van der Waals surface area contributed by atoms with Crippen molar-refractivity contribution in [3.63, 3.8) is 0 Å². The van der Waals surface area contributed by atoms with Gasteiger partial charge in [-0.05, 0) is 42.5 Å². The Labute approximate surface area is 148 Å². The molecule has 0 N–H and O–H groups in total. The Morgan fingerprint density at radius 3 is 2.44 bits per heavy atom. The van der Waals surface area contributed by atoms with E-state index in [1.54, 1.807) is 30.3 Å². The minimum atomic E-state index is -4.62. The van der Waals surface area contributed by atoms with Crippen LogP contribution in [0.1, 0.15) is 30.9 Å². The summed E-state index contributed by atoms with van der Waals surface area (Å²) in [5.41, 5.74) is -0.637. The molecule has 0 aliphatic heterocycles. The lowest BCUT2D eigenvalue weighted by Gasteiger charge is -2.14. The fourth-order valence-electron chi connectivity index (χ4n) is 2.18. The maximum atomic E-state index is 13.4. The van der Waals surface area contributed by atoms with Crippen molar-refractivity contribution >= 4 is 11.8 Å². The van der Waals surface area contributed by atoms with E-state index in [-0.39, 0.29) is 10.7 Å². The summed E-state index contributed by atoms with van der Waals surface area (Å²) in [5.74, 6) is 1.22. The van der Waals surface area contributed by atoms with Gasteiger partial charge in [0.05, 0.1) is 23.9 Å². The monoisotopic (exact) mass is 366 g/mol. The molecule has 0 amide bonds. The van der Waals surface area contributed by atoms with E-state index in [1.807, 2.05) is 6.92 Å². The molecular weight excluding hydrogens is 349 g/mol. The van der Waals surface area contributed by atoms with Gasteiger partial charge in [0.2, 0.25) is 0 Å². The molecule has 0 atom stereocenters. The average Bonchev–Trinajstić information content (AvgIpc) is 2.60.